The van der Waals surface area contributed by atoms with Gasteiger partial charge in [-0.1, -0.05) is 146 Å². The smallest absolute Gasteiger partial charge is 0.136 e. The Kier molecular flexibility index (Phi) is 7.53. The van der Waals surface area contributed by atoms with Gasteiger partial charge in [0.05, 0.1) is 5.69 Å². The average molecular weight is 714 g/mol. The molecule has 11 rings (SSSR count). The molecule has 0 aliphatic carbocycles. The molecular formula is C54H35NO. The standard InChI is InChI=1S/C54H35NO/c1-3-13-38-29-44(25-23-36(38)11-1)40-17-9-19-47(31-40)55(48-20-10-18-41(32-48)45-26-24-37-12-2-4-14-39(37)30-45)52-22-8-7-21-49(52)46-27-28-53-50(34-46)51-33-42-15-5-6-16-43(42)35-54(51)56-53/h1-35H. The van der Waals surface area contributed by atoms with Crippen molar-refractivity contribution in [2.75, 3.05) is 4.90 Å². The third-order valence-corrected chi connectivity index (χ3v) is 11.2. The van der Waals surface area contributed by atoms with Gasteiger partial charge in [0.15, 0.2) is 0 Å². The van der Waals surface area contributed by atoms with Gasteiger partial charge in [0.2, 0.25) is 0 Å². The summed E-state index contributed by atoms with van der Waals surface area (Å²) in [6.45, 7) is 0. The Morgan fingerprint density at radius 1 is 0.286 bits per heavy atom. The topological polar surface area (TPSA) is 16.4 Å². The molecule has 0 saturated heterocycles. The van der Waals surface area contributed by atoms with Crippen molar-refractivity contribution in [2.24, 2.45) is 0 Å². The first-order valence-electron chi connectivity index (χ1n) is 19.2. The van der Waals surface area contributed by atoms with Crippen molar-refractivity contribution in [1.29, 1.82) is 0 Å². The Labute approximate surface area is 325 Å². The minimum Gasteiger partial charge on any atom is -0.456 e. The number of fused-ring (bicyclic) bond motifs is 6. The van der Waals surface area contributed by atoms with Crippen molar-refractivity contribution in [2.45, 2.75) is 0 Å². The third kappa shape index (κ3) is 5.59. The number of para-hydroxylation sites is 1. The lowest BCUT2D eigenvalue weighted by Gasteiger charge is -2.29. The Morgan fingerprint density at radius 3 is 1.39 bits per heavy atom. The molecule has 0 unspecified atom stereocenters. The van der Waals surface area contributed by atoms with E-state index in [2.05, 4.69) is 217 Å². The molecule has 0 fully saturated rings. The van der Waals surface area contributed by atoms with Gasteiger partial charge < -0.3 is 9.32 Å². The van der Waals surface area contributed by atoms with E-state index in [0.29, 0.717) is 0 Å². The normalized spacial score (nSPS) is 11.6. The Bertz CT molecular complexity index is 3160. The van der Waals surface area contributed by atoms with E-state index >= 15 is 0 Å². The molecule has 0 amide bonds. The fourth-order valence-electron chi connectivity index (χ4n) is 8.36. The first kappa shape index (κ1) is 32.0. The number of nitrogens with zero attached hydrogens (tertiary/aromatic N) is 1. The van der Waals surface area contributed by atoms with Gasteiger partial charge in [0, 0.05) is 27.7 Å². The van der Waals surface area contributed by atoms with E-state index in [4.69, 9.17) is 4.42 Å². The van der Waals surface area contributed by atoms with Crippen LogP contribution in [0.5, 0.6) is 0 Å². The van der Waals surface area contributed by atoms with E-state index in [1.165, 1.54) is 54.6 Å². The van der Waals surface area contributed by atoms with Crippen molar-refractivity contribution in [3.8, 4) is 33.4 Å². The summed E-state index contributed by atoms with van der Waals surface area (Å²) < 4.78 is 6.42. The lowest BCUT2D eigenvalue weighted by molar-refractivity contribution is 0.669. The maximum absolute atomic E-state index is 6.42. The summed E-state index contributed by atoms with van der Waals surface area (Å²) in [6, 6.07) is 76.7. The van der Waals surface area contributed by atoms with E-state index in [1.807, 2.05) is 0 Å². The van der Waals surface area contributed by atoms with Crippen LogP contribution in [0.2, 0.25) is 0 Å². The maximum atomic E-state index is 6.42. The summed E-state index contributed by atoms with van der Waals surface area (Å²) in [4.78, 5) is 2.41. The van der Waals surface area contributed by atoms with Gasteiger partial charge in [-0.3, -0.25) is 0 Å². The highest BCUT2D eigenvalue weighted by molar-refractivity contribution is 6.11. The highest BCUT2D eigenvalue weighted by atomic mass is 16.3. The van der Waals surface area contributed by atoms with Gasteiger partial charge in [-0.15, -0.1) is 0 Å². The molecule has 0 spiro atoms. The third-order valence-electron chi connectivity index (χ3n) is 11.2. The number of rotatable bonds is 6. The molecule has 1 heterocycles. The summed E-state index contributed by atoms with van der Waals surface area (Å²) in [5.41, 5.74) is 12.0. The summed E-state index contributed by atoms with van der Waals surface area (Å²) in [6.07, 6.45) is 0. The molecule has 262 valence electrons. The average Bonchev–Trinajstić information content (AvgIpc) is 3.62. The summed E-state index contributed by atoms with van der Waals surface area (Å²) in [7, 11) is 0. The number of anilines is 3. The van der Waals surface area contributed by atoms with Gasteiger partial charge in [0.1, 0.15) is 11.2 Å². The van der Waals surface area contributed by atoms with Crippen LogP contribution in [0.25, 0.3) is 87.6 Å². The Balaban J connectivity index is 1.09. The van der Waals surface area contributed by atoms with Crippen molar-refractivity contribution >= 4 is 71.3 Å². The Morgan fingerprint density at radius 2 is 0.768 bits per heavy atom. The molecule has 11 aromatic rings. The monoisotopic (exact) mass is 713 g/mol. The predicted octanol–water partition coefficient (Wildman–Crippen LogP) is 15.5. The van der Waals surface area contributed by atoms with Gasteiger partial charge >= 0.3 is 0 Å². The van der Waals surface area contributed by atoms with E-state index < -0.39 is 0 Å². The molecule has 2 nitrogen and oxygen atoms in total. The second kappa shape index (κ2) is 13.2. The highest BCUT2D eigenvalue weighted by Gasteiger charge is 2.20. The van der Waals surface area contributed by atoms with Gasteiger partial charge in [-0.25, -0.2) is 0 Å². The fourth-order valence-corrected chi connectivity index (χ4v) is 8.36. The van der Waals surface area contributed by atoms with E-state index in [-0.39, 0.29) is 0 Å². The number of hydrogen-bond donors (Lipinski definition) is 0. The van der Waals surface area contributed by atoms with Crippen molar-refractivity contribution in [3.05, 3.63) is 212 Å². The quantitative estimate of drug-likeness (QED) is 0.171. The van der Waals surface area contributed by atoms with E-state index in [9.17, 15) is 0 Å². The largest absolute Gasteiger partial charge is 0.456 e. The second-order valence-corrected chi connectivity index (χ2v) is 14.6. The molecule has 0 radical (unpaired) electrons. The summed E-state index contributed by atoms with van der Waals surface area (Å²) in [5, 5.41) is 9.57. The van der Waals surface area contributed by atoms with Gasteiger partial charge in [-0.05, 0) is 127 Å². The lowest BCUT2D eigenvalue weighted by atomic mass is 9.97. The van der Waals surface area contributed by atoms with E-state index in [1.54, 1.807) is 0 Å². The molecule has 2 heteroatoms. The number of furan rings is 1. The fraction of sp³-hybridized carbons (Fsp3) is 0. The highest BCUT2D eigenvalue weighted by Crippen LogP contribution is 2.44. The van der Waals surface area contributed by atoms with Crippen molar-refractivity contribution < 1.29 is 4.42 Å². The van der Waals surface area contributed by atoms with Crippen LogP contribution in [-0.2, 0) is 0 Å². The molecule has 0 aliphatic heterocycles. The zero-order valence-corrected chi connectivity index (χ0v) is 30.6. The first-order chi connectivity index (χ1) is 27.7. The minimum atomic E-state index is 0.888. The molecule has 10 aromatic carbocycles. The van der Waals surface area contributed by atoms with Crippen LogP contribution in [0.4, 0.5) is 17.1 Å². The zero-order chi connectivity index (χ0) is 37.0. The van der Waals surface area contributed by atoms with Crippen LogP contribution in [-0.4, -0.2) is 0 Å². The van der Waals surface area contributed by atoms with Crippen LogP contribution >= 0.6 is 0 Å². The van der Waals surface area contributed by atoms with Crippen LogP contribution in [0.1, 0.15) is 0 Å². The molecule has 0 saturated carbocycles. The van der Waals surface area contributed by atoms with Crippen molar-refractivity contribution in [3.63, 3.8) is 0 Å². The molecule has 0 aliphatic rings. The van der Waals surface area contributed by atoms with Crippen LogP contribution in [0.15, 0.2) is 217 Å². The molecule has 1 aromatic heterocycles. The number of benzene rings is 10. The van der Waals surface area contributed by atoms with Gasteiger partial charge in [0.25, 0.3) is 0 Å². The summed E-state index contributed by atoms with van der Waals surface area (Å²) in [5.74, 6) is 0. The minimum absolute atomic E-state index is 0.888. The number of hydrogen-bond acceptors (Lipinski definition) is 2. The maximum Gasteiger partial charge on any atom is 0.136 e. The van der Waals surface area contributed by atoms with Crippen LogP contribution in [0.3, 0.4) is 0 Å². The lowest BCUT2D eigenvalue weighted by Crippen LogP contribution is -2.11. The van der Waals surface area contributed by atoms with Crippen LogP contribution < -0.4 is 4.90 Å². The molecule has 0 N–H and O–H groups in total. The van der Waals surface area contributed by atoms with Crippen LogP contribution in [0, 0.1) is 0 Å². The SMILES string of the molecule is c1cc(-c2ccc3ccccc3c2)cc(N(c2cccc(-c3ccc4ccccc4c3)c2)c2ccccc2-c2ccc3oc4cc5ccccc5cc4c3c2)c1. The molecular weight excluding hydrogens is 679 g/mol. The second-order valence-electron chi connectivity index (χ2n) is 14.6. The van der Waals surface area contributed by atoms with E-state index in [0.717, 1.165) is 50.1 Å². The molecule has 0 bridgehead atoms. The molecule has 56 heavy (non-hydrogen) atoms. The van der Waals surface area contributed by atoms with Gasteiger partial charge in [-0.2, -0.15) is 0 Å². The first-order valence-corrected chi connectivity index (χ1v) is 19.2. The predicted molar refractivity (Wildman–Crippen MR) is 237 cm³/mol. The summed E-state index contributed by atoms with van der Waals surface area (Å²) >= 11 is 0. The molecule has 0 atom stereocenters. The Hall–Kier alpha value is -7.42. The van der Waals surface area contributed by atoms with Crippen molar-refractivity contribution in [1.82, 2.24) is 0 Å². The zero-order valence-electron chi connectivity index (χ0n) is 30.6.